The van der Waals surface area contributed by atoms with Crippen LogP contribution < -0.4 is 5.32 Å². The van der Waals surface area contributed by atoms with Crippen LogP contribution in [0.2, 0.25) is 0 Å². The predicted molar refractivity (Wildman–Crippen MR) is 64.2 cm³/mol. The van der Waals surface area contributed by atoms with Gasteiger partial charge >= 0.3 is 0 Å². The van der Waals surface area contributed by atoms with Gasteiger partial charge < -0.3 is 5.32 Å². The molecule has 0 aliphatic heterocycles. The second-order valence-electron chi connectivity index (χ2n) is 4.07. The molecule has 1 heterocycles. The van der Waals surface area contributed by atoms with Crippen molar-refractivity contribution in [3.8, 4) is 0 Å². The van der Waals surface area contributed by atoms with Crippen molar-refractivity contribution in [2.75, 3.05) is 18.6 Å². The summed E-state index contributed by atoms with van der Waals surface area (Å²) in [6.45, 7) is 4.01. The van der Waals surface area contributed by atoms with E-state index in [1.54, 1.807) is 7.05 Å². The van der Waals surface area contributed by atoms with Crippen LogP contribution in [0, 0.1) is 0 Å². The molecule has 0 aliphatic carbocycles. The SMILES string of the molecule is CNc1cc(C(C)C)nc(CS(C)(=O)=O)n1. The summed E-state index contributed by atoms with van der Waals surface area (Å²) in [5, 5.41) is 2.90. The number of nitrogens with one attached hydrogen (secondary N) is 1. The van der Waals surface area contributed by atoms with Gasteiger partial charge in [0, 0.05) is 25.1 Å². The van der Waals surface area contributed by atoms with E-state index >= 15 is 0 Å². The number of hydrogen-bond acceptors (Lipinski definition) is 5. The molecule has 0 atom stereocenters. The molecule has 16 heavy (non-hydrogen) atoms. The molecule has 1 aromatic heterocycles. The van der Waals surface area contributed by atoms with Crippen LogP contribution in [0.3, 0.4) is 0 Å². The summed E-state index contributed by atoms with van der Waals surface area (Å²) >= 11 is 0. The Morgan fingerprint density at radius 2 is 2.00 bits per heavy atom. The van der Waals surface area contributed by atoms with Crippen LogP contribution in [0.5, 0.6) is 0 Å². The van der Waals surface area contributed by atoms with E-state index in [2.05, 4.69) is 15.3 Å². The molecule has 90 valence electrons. The van der Waals surface area contributed by atoms with Crippen molar-refractivity contribution in [3.63, 3.8) is 0 Å². The Labute approximate surface area is 96.2 Å². The first-order valence-corrected chi connectivity index (χ1v) is 7.11. The molecular weight excluding hydrogens is 226 g/mol. The van der Waals surface area contributed by atoms with Crippen molar-refractivity contribution < 1.29 is 8.42 Å². The quantitative estimate of drug-likeness (QED) is 0.860. The lowest BCUT2D eigenvalue weighted by Crippen LogP contribution is -2.09. The van der Waals surface area contributed by atoms with E-state index in [0.29, 0.717) is 11.6 Å². The summed E-state index contributed by atoms with van der Waals surface area (Å²) in [6, 6.07) is 1.83. The maximum Gasteiger partial charge on any atom is 0.154 e. The molecule has 1 N–H and O–H groups in total. The zero-order valence-electron chi connectivity index (χ0n) is 9.98. The molecular formula is C10H17N3O2S. The minimum Gasteiger partial charge on any atom is -0.373 e. The number of hydrogen-bond donors (Lipinski definition) is 1. The first-order valence-electron chi connectivity index (χ1n) is 5.05. The number of rotatable bonds is 4. The molecule has 0 saturated carbocycles. The predicted octanol–water partition coefficient (Wildman–Crippen LogP) is 1.19. The second kappa shape index (κ2) is 4.78. The standard InChI is InChI=1S/C10H17N3O2S/c1-7(2)8-5-9(11-3)13-10(12-8)6-16(4,14)15/h5,7H,6H2,1-4H3,(H,11,12,13). The smallest absolute Gasteiger partial charge is 0.154 e. The highest BCUT2D eigenvalue weighted by molar-refractivity contribution is 7.89. The van der Waals surface area contributed by atoms with E-state index in [0.717, 1.165) is 5.69 Å². The normalized spacial score (nSPS) is 11.8. The van der Waals surface area contributed by atoms with Crippen LogP contribution in [0.1, 0.15) is 31.3 Å². The van der Waals surface area contributed by atoms with Crippen molar-refractivity contribution in [1.82, 2.24) is 9.97 Å². The molecule has 0 spiro atoms. The first kappa shape index (κ1) is 12.9. The third-order valence-electron chi connectivity index (χ3n) is 2.03. The van der Waals surface area contributed by atoms with Crippen molar-refractivity contribution in [1.29, 1.82) is 0 Å². The van der Waals surface area contributed by atoms with Crippen molar-refractivity contribution in [3.05, 3.63) is 17.6 Å². The Hall–Kier alpha value is -1.17. The van der Waals surface area contributed by atoms with Gasteiger partial charge in [0.2, 0.25) is 0 Å². The molecule has 0 fully saturated rings. The number of aromatic nitrogens is 2. The van der Waals surface area contributed by atoms with Gasteiger partial charge in [0.15, 0.2) is 9.84 Å². The van der Waals surface area contributed by atoms with Crippen LogP contribution in [0.15, 0.2) is 6.07 Å². The number of sulfone groups is 1. The molecule has 0 aromatic carbocycles. The molecule has 1 aromatic rings. The van der Waals surface area contributed by atoms with E-state index in [1.807, 2.05) is 19.9 Å². The van der Waals surface area contributed by atoms with Gasteiger partial charge in [0.05, 0.1) is 0 Å². The summed E-state index contributed by atoms with van der Waals surface area (Å²) in [7, 11) is -1.35. The van der Waals surface area contributed by atoms with Gasteiger partial charge in [0.25, 0.3) is 0 Å². The largest absolute Gasteiger partial charge is 0.373 e. The van der Waals surface area contributed by atoms with Gasteiger partial charge in [-0.15, -0.1) is 0 Å². The molecule has 0 unspecified atom stereocenters. The van der Waals surface area contributed by atoms with Gasteiger partial charge in [-0.2, -0.15) is 0 Å². The zero-order chi connectivity index (χ0) is 12.3. The van der Waals surface area contributed by atoms with Crippen LogP contribution in [0.25, 0.3) is 0 Å². The van der Waals surface area contributed by atoms with Crippen molar-refractivity contribution >= 4 is 15.7 Å². The lowest BCUT2D eigenvalue weighted by Gasteiger charge is -2.09. The topological polar surface area (TPSA) is 72.0 Å². The Morgan fingerprint density at radius 1 is 1.38 bits per heavy atom. The zero-order valence-corrected chi connectivity index (χ0v) is 10.8. The van der Waals surface area contributed by atoms with Crippen molar-refractivity contribution in [2.45, 2.75) is 25.5 Å². The highest BCUT2D eigenvalue weighted by Gasteiger charge is 2.11. The molecule has 0 radical (unpaired) electrons. The summed E-state index contributed by atoms with van der Waals surface area (Å²) < 4.78 is 22.4. The van der Waals surface area contributed by atoms with E-state index in [-0.39, 0.29) is 11.7 Å². The Balaban J connectivity index is 3.14. The highest BCUT2D eigenvalue weighted by Crippen LogP contribution is 2.16. The summed E-state index contributed by atoms with van der Waals surface area (Å²) in [4.78, 5) is 8.35. The third kappa shape index (κ3) is 3.77. The maximum atomic E-state index is 11.2. The fraction of sp³-hybridized carbons (Fsp3) is 0.600. The molecule has 0 aliphatic rings. The molecule has 0 amide bonds. The maximum absolute atomic E-state index is 11.2. The average Bonchev–Trinajstić information content (AvgIpc) is 2.14. The third-order valence-corrected chi connectivity index (χ3v) is 2.81. The number of anilines is 1. The van der Waals surface area contributed by atoms with E-state index < -0.39 is 9.84 Å². The summed E-state index contributed by atoms with van der Waals surface area (Å²) in [5.74, 6) is 1.12. The lowest BCUT2D eigenvalue weighted by atomic mass is 10.1. The molecule has 0 saturated heterocycles. The minimum absolute atomic E-state index is 0.123. The fourth-order valence-electron chi connectivity index (χ4n) is 1.24. The average molecular weight is 243 g/mol. The molecule has 0 bridgehead atoms. The van der Waals surface area contributed by atoms with E-state index in [4.69, 9.17) is 0 Å². The Morgan fingerprint density at radius 3 is 2.44 bits per heavy atom. The second-order valence-corrected chi connectivity index (χ2v) is 6.21. The van der Waals surface area contributed by atoms with Gasteiger partial charge in [-0.05, 0) is 5.92 Å². The van der Waals surface area contributed by atoms with E-state index in [9.17, 15) is 8.42 Å². The van der Waals surface area contributed by atoms with Crippen LogP contribution >= 0.6 is 0 Å². The Kier molecular flexibility index (Phi) is 3.85. The van der Waals surface area contributed by atoms with Crippen molar-refractivity contribution in [2.24, 2.45) is 0 Å². The van der Waals surface area contributed by atoms with E-state index in [1.165, 1.54) is 6.26 Å². The molecule has 6 heteroatoms. The fourth-order valence-corrected chi connectivity index (χ4v) is 1.84. The van der Waals surface area contributed by atoms with Crippen LogP contribution in [0.4, 0.5) is 5.82 Å². The summed E-state index contributed by atoms with van der Waals surface area (Å²) in [5.41, 5.74) is 0.845. The highest BCUT2D eigenvalue weighted by atomic mass is 32.2. The van der Waals surface area contributed by atoms with Crippen LogP contribution in [-0.4, -0.2) is 31.7 Å². The van der Waals surface area contributed by atoms with Gasteiger partial charge in [-0.25, -0.2) is 18.4 Å². The minimum atomic E-state index is -3.10. The first-order chi connectivity index (χ1) is 7.31. The monoisotopic (exact) mass is 243 g/mol. The molecule has 5 nitrogen and oxygen atoms in total. The van der Waals surface area contributed by atoms with Gasteiger partial charge in [-0.3, -0.25) is 0 Å². The summed E-state index contributed by atoms with van der Waals surface area (Å²) in [6.07, 6.45) is 1.18. The molecule has 1 rings (SSSR count). The number of nitrogens with zero attached hydrogens (tertiary/aromatic N) is 2. The van der Waals surface area contributed by atoms with Crippen LogP contribution in [-0.2, 0) is 15.6 Å². The lowest BCUT2D eigenvalue weighted by molar-refractivity contribution is 0.599. The Bertz CT molecular complexity index is 469. The van der Waals surface area contributed by atoms with Gasteiger partial charge in [0.1, 0.15) is 17.4 Å². The van der Waals surface area contributed by atoms with Gasteiger partial charge in [-0.1, -0.05) is 13.8 Å².